The topological polar surface area (TPSA) is 57.7 Å². The molecule has 1 fully saturated rings. The second kappa shape index (κ2) is 9.77. The summed E-state index contributed by atoms with van der Waals surface area (Å²) in [6.45, 7) is 0. The van der Waals surface area contributed by atoms with Crippen LogP contribution in [0.15, 0.2) is 121 Å². The molecule has 0 spiro atoms. The van der Waals surface area contributed by atoms with Crippen molar-refractivity contribution in [2.24, 2.45) is 5.92 Å². The predicted octanol–water partition coefficient (Wildman–Crippen LogP) is 6.02. The fraction of sp³-hybridized carbons (Fsp3) is 0.100. The molecule has 5 rings (SSSR count). The average molecular weight is 461 g/mol. The van der Waals surface area contributed by atoms with Gasteiger partial charge in [0.05, 0.1) is 11.4 Å². The Morgan fingerprint density at radius 2 is 0.857 bits per heavy atom. The average Bonchev–Trinajstić information content (AvgIpc) is 2.91. The molecule has 0 N–H and O–H groups in total. The van der Waals surface area contributed by atoms with Crippen LogP contribution in [0, 0.1) is 5.92 Å². The number of nitrogens with zero attached hydrogens (tertiary/aromatic N) is 2. The Morgan fingerprint density at radius 3 is 1.23 bits per heavy atom. The number of barbiturate groups is 1. The first-order chi connectivity index (χ1) is 17.1. The van der Waals surface area contributed by atoms with Crippen molar-refractivity contribution < 1.29 is 14.4 Å². The third-order valence-electron chi connectivity index (χ3n) is 6.32. The van der Waals surface area contributed by atoms with E-state index < -0.39 is 23.8 Å². The van der Waals surface area contributed by atoms with Crippen molar-refractivity contribution in [1.29, 1.82) is 0 Å². The van der Waals surface area contributed by atoms with E-state index in [1.807, 2.05) is 72.8 Å². The Labute approximate surface area is 204 Å². The Bertz CT molecular complexity index is 1220. The standard InChI is InChI=1S/C30H24N2O3/c33-28-27(21-26(22-13-5-1-6-14-22)23-15-7-2-8-16-23)29(34)32(25-19-11-4-12-20-25)30(35)31(28)24-17-9-3-10-18-24/h1-20,26-27H,21H2. The van der Waals surface area contributed by atoms with Gasteiger partial charge in [-0.05, 0) is 41.8 Å². The van der Waals surface area contributed by atoms with Crippen LogP contribution in [0.1, 0.15) is 23.5 Å². The van der Waals surface area contributed by atoms with Crippen LogP contribution in [0.25, 0.3) is 0 Å². The van der Waals surface area contributed by atoms with Crippen molar-refractivity contribution in [3.05, 3.63) is 132 Å². The molecule has 1 aliphatic heterocycles. The van der Waals surface area contributed by atoms with Crippen LogP contribution in [0.3, 0.4) is 0 Å². The maximum atomic E-state index is 13.8. The van der Waals surface area contributed by atoms with E-state index in [2.05, 4.69) is 0 Å². The van der Waals surface area contributed by atoms with E-state index >= 15 is 0 Å². The molecule has 1 saturated heterocycles. The van der Waals surface area contributed by atoms with Gasteiger partial charge in [-0.2, -0.15) is 0 Å². The minimum Gasteiger partial charge on any atom is -0.273 e. The second-order valence-electron chi connectivity index (χ2n) is 8.46. The predicted molar refractivity (Wildman–Crippen MR) is 136 cm³/mol. The molecule has 1 heterocycles. The van der Waals surface area contributed by atoms with Gasteiger partial charge in [-0.25, -0.2) is 14.6 Å². The fourth-order valence-electron chi connectivity index (χ4n) is 4.61. The quantitative estimate of drug-likeness (QED) is 0.330. The third-order valence-corrected chi connectivity index (χ3v) is 6.32. The number of hydrogen-bond acceptors (Lipinski definition) is 3. The molecule has 0 saturated carbocycles. The van der Waals surface area contributed by atoms with Crippen molar-refractivity contribution in [2.75, 3.05) is 9.80 Å². The van der Waals surface area contributed by atoms with Gasteiger partial charge >= 0.3 is 6.03 Å². The Morgan fingerprint density at radius 1 is 0.514 bits per heavy atom. The van der Waals surface area contributed by atoms with Crippen molar-refractivity contribution in [2.45, 2.75) is 12.3 Å². The molecule has 35 heavy (non-hydrogen) atoms. The first-order valence-electron chi connectivity index (χ1n) is 11.6. The lowest BCUT2D eigenvalue weighted by molar-refractivity contribution is -0.133. The van der Waals surface area contributed by atoms with Crippen molar-refractivity contribution >= 4 is 29.2 Å². The van der Waals surface area contributed by atoms with Gasteiger partial charge in [-0.1, -0.05) is 97.1 Å². The van der Waals surface area contributed by atoms with E-state index in [9.17, 15) is 14.4 Å². The van der Waals surface area contributed by atoms with Gasteiger partial charge in [0.25, 0.3) is 0 Å². The molecule has 0 bridgehead atoms. The minimum absolute atomic E-state index is 0.196. The van der Waals surface area contributed by atoms with Crippen LogP contribution < -0.4 is 9.80 Å². The Kier molecular flexibility index (Phi) is 6.22. The number of carbonyl (C=O) groups is 3. The van der Waals surface area contributed by atoms with Crippen LogP contribution in [-0.2, 0) is 9.59 Å². The van der Waals surface area contributed by atoms with E-state index in [1.54, 1.807) is 48.5 Å². The summed E-state index contributed by atoms with van der Waals surface area (Å²) in [7, 11) is 0. The molecule has 4 aromatic carbocycles. The lowest BCUT2D eigenvalue weighted by atomic mass is 9.82. The van der Waals surface area contributed by atoms with Crippen LogP contribution >= 0.6 is 0 Å². The first kappa shape index (κ1) is 22.3. The van der Waals surface area contributed by atoms with E-state index in [-0.39, 0.29) is 12.3 Å². The van der Waals surface area contributed by atoms with Crippen LogP contribution in [0.2, 0.25) is 0 Å². The summed E-state index contributed by atoms with van der Waals surface area (Å²) in [4.78, 5) is 43.3. The van der Waals surface area contributed by atoms with Gasteiger partial charge in [0.15, 0.2) is 0 Å². The zero-order valence-corrected chi connectivity index (χ0v) is 19.0. The normalized spacial score (nSPS) is 14.6. The summed E-state index contributed by atoms with van der Waals surface area (Å²) in [6.07, 6.45) is 0.242. The summed E-state index contributed by atoms with van der Waals surface area (Å²) in [5.74, 6) is -2.23. The molecule has 5 nitrogen and oxygen atoms in total. The van der Waals surface area contributed by atoms with Crippen LogP contribution in [0.4, 0.5) is 16.2 Å². The van der Waals surface area contributed by atoms with Gasteiger partial charge in [0.1, 0.15) is 5.92 Å². The number of amides is 4. The highest BCUT2D eigenvalue weighted by molar-refractivity contribution is 6.36. The highest BCUT2D eigenvalue weighted by atomic mass is 16.2. The molecule has 0 aromatic heterocycles. The molecule has 5 heteroatoms. The largest absolute Gasteiger partial charge is 0.342 e. The molecule has 0 radical (unpaired) electrons. The lowest BCUT2D eigenvalue weighted by Gasteiger charge is -2.38. The van der Waals surface area contributed by atoms with Gasteiger partial charge in [-0.3, -0.25) is 9.59 Å². The van der Waals surface area contributed by atoms with Crippen molar-refractivity contribution in [3.8, 4) is 0 Å². The van der Waals surface area contributed by atoms with E-state index in [1.165, 1.54) is 0 Å². The van der Waals surface area contributed by atoms with E-state index in [0.717, 1.165) is 20.9 Å². The summed E-state index contributed by atoms with van der Waals surface area (Å²) in [5, 5.41) is 0. The number of benzene rings is 4. The molecule has 4 amide bonds. The molecule has 172 valence electrons. The molecular formula is C30H24N2O3. The minimum atomic E-state index is -1.03. The number of hydrogen-bond donors (Lipinski definition) is 0. The summed E-state index contributed by atoms with van der Waals surface area (Å²) in [5.41, 5.74) is 2.90. The number of anilines is 2. The van der Waals surface area contributed by atoms with Gasteiger partial charge in [0, 0.05) is 5.92 Å². The summed E-state index contributed by atoms with van der Waals surface area (Å²) in [6, 6.07) is 36.6. The van der Waals surface area contributed by atoms with Gasteiger partial charge in [0.2, 0.25) is 11.8 Å². The lowest BCUT2D eigenvalue weighted by Crippen LogP contribution is -2.60. The first-order valence-corrected chi connectivity index (χ1v) is 11.6. The van der Waals surface area contributed by atoms with E-state index in [0.29, 0.717) is 11.4 Å². The highest BCUT2D eigenvalue weighted by Crippen LogP contribution is 2.36. The van der Waals surface area contributed by atoms with Crippen molar-refractivity contribution in [3.63, 3.8) is 0 Å². The maximum absolute atomic E-state index is 13.8. The van der Waals surface area contributed by atoms with Crippen molar-refractivity contribution in [1.82, 2.24) is 0 Å². The van der Waals surface area contributed by atoms with Crippen LogP contribution in [-0.4, -0.2) is 17.8 Å². The highest BCUT2D eigenvalue weighted by Gasteiger charge is 2.48. The van der Waals surface area contributed by atoms with E-state index in [4.69, 9.17) is 0 Å². The Balaban J connectivity index is 1.60. The van der Waals surface area contributed by atoms with Gasteiger partial charge < -0.3 is 0 Å². The molecule has 4 aromatic rings. The zero-order valence-electron chi connectivity index (χ0n) is 19.0. The smallest absolute Gasteiger partial charge is 0.273 e. The monoisotopic (exact) mass is 460 g/mol. The number of para-hydroxylation sites is 2. The number of carbonyl (C=O) groups excluding carboxylic acids is 3. The maximum Gasteiger partial charge on any atom is 0.342 e. The molecule has 0 aliphatic carbocycles. The molecule has 1 aliphatic rings. The SMILES string of the molecule is O=C1C(CC(c2ccccc2)c2ccccc2)C(=O)N(c2ccccc2)C(=O)N1c1ccccc1. The summed E-state index contributed by atoms with van der Waals surface area (Å²) < 4.78 is 0. The number of rotatable bonds is 6. The molecule has 0 atom stereocenters. The number of urea groups is 1. The molecular weight excluding hydrogens is 436 g/mol. The zero-order chi connectivity index (χ0) is 24.2. The molecule has 0 unspecified atom stereocenters. The number of imide groups is 2. The summed E-state index contributed by atoms with van der Waals surface area (Å²) >= 11 is 0. The fourth-order valence-corrected chi connectivity index (χ4v) is 4.61. The van der Waals surface area contributed by atoms with Crippen LogP contribution in [0.5, 0.6) is 0 Å². The third kappa shape index (κ3) is 4.36. The Hall–Kier alpha value is -4.51. The van der Waals surface area contributed by atoms with Gasteiger partial charge in [-0.15, -0.1) is 0 Å². The second-order valence-corrected chi connectivity index (χ2v) is 8.46.